The van der Waals surface area contributed by atoms with Crippen LogP contribution in [0.4, 0.5) is 0 Å². The fourth-order valence-electron chi connectivity index (χ4n) is 1.97. The minimum absolute atomic E-state index is 0.0145. The van der Waals surface area contributed by atoms with Crippen LogP contribution >= 0.6 is 0 Å². The average Bonchev–Trinajstić information content (AvgIpc) is 3.24. The largest absolute Gasteiger partial charge is 0.357 e. The molecule has 134 valence electrons. The Hall–Kier alpha value is -1.31. The molecule has 1 saturated carbocycles. The molecule has 3 N–H and O–H groups in total. The molecule has 0 saturated heterocycles. The minimum atomic E-state index is -2.95. The van der Waals surface area contributed by atoms with Crippen LogP contribution in [0.15, 0.2) is 4.99 Å². The molecule has 0 spiro atoms. The number of carbonyl (C=O) groups excluding carboxylic acids is 1. The van der Waals surface area contributed by atoms with Crippen LogP contribution in [0.5, 0.6) is 0 Å². The van der Waals surface area contributed by atoms with Gasteiger partial charge in [-0.25, -0.2) is 8.42 Å². The van der Waals surface area contributed by atoms with Crippen LogP contribution in [-0.2, 0) is 14.6 Å². The quantitative estimate of drug-likeness (QED) is 0.302. The van der Waals surface area contributed by atoms with E-state index in [1.807, 2.05) is 13.8 Å². The molecule has 0 aromatic heterocycles. The lowest BCUT2D eigenvalue weighted by atomic mass is 10.2. The van der Waals surface area contributed by atoms with E-state index in [0.29, 0.717) is 37.8 Å². The fraction of sp³-hybridized carbons (Fsp3) is 0.867. The summed E-state index contributed by atoms with van der Waals surface area (Å²) in [5, 5.41) is 9.28. The first-order valence-electron chi connectivity index (χ1n) is 8.32. The number of amides is 1. The van der Waals surface area contributed by atoms with Crippen LogP contribution in [0, 0.1) is 0 Å². The molecule has 0 bridgehead atoms. The third-order valence-electron chi connectivity index (χ3n) is 3.42. The molecule has 23 heavy (non-hydrogen) atoms. The second-order valence-corrected chi connectivity index (χ2v) is 8.43. The van der Waals surface area contributed by atoms with Crippen LogP contribution in [0.25, 0.3) is 0 Å². The van der Waals surface area contributed by atoms with Gasteiger partial charge in [0, 0.05) is 37.8 Å². The first-order valence-corrected chi connectivity index (χ1v) is 10.4. The summed E-state index contributed by atoms with van der Waals surface area (Å²) < 4.78 is 22.4. The van der Waals surface area contributed by atoms with Crippen molar-refractivity contribution in [1.82, 2.24) is 16.0 Å². The second kappa shape index (κ2) is 9.75. The van der Waals surface area contributed by atoms with E-state index in [-0.39, 0.29) is 17.7 Å². The first kappa shape index (κ1) is 19.7. The number of aliphatic imine (C=N–C) groups is 1. The van der Waals surface area contributed by atoms with Crippen molar-refractivity contribution in [3.8, 4) is 0 Å². The summed E-state index contributed by atoms with van der Waals surface area (Å²) in [6.07, 6.45) is 5.17. The number of hydrogen-bond acceptors (Lipinski definition) is 4. The number of sulfone groups is 1. The van der Waals surface area contributed by atoms with Gasteiger partial charge in [-0.05, 0) is 39.5 Å². The number of carbonyl (C=O) groups is 1. The Balaban J connectivity index is 2.29. The maximum Gasteiger partial charge on any atom is 0.220 e. The van der Waals surface area contributed by atoms with Gasteiger partial charge >= 0.3 is 0 Å². The molecule has 1 unspecified atom stereocenters. The fourth-order valence-corrected chi connectivity index (χ4v) is 2.76. The Morgan fingerprint density at radius 2 is 2.04 bits per heavy atom. The molecule has 0 aromatic carbocycles. The van der Waals surface area contributed by atoms with Crippen molar-refractivity contribution in [3.05, 3.63) is 0 Å². The van der Waals surface area contributed by atoms with Crippen LogP contribution in [-0.4, -0.2) is 57.5 Å². The molecule has 0 radical (unpaired) electrons. The molecule has 1 amide bonds. The molecule has 1 atom stereocenters. The van der Waals surface area contributed by atoms with Gasteiger partial charge in [0.2, 0.25) is 5.91 Å². The van der Waals surface area contributed by atoms with E-state index in [1.165, 1.54) is 6.26 Å². The predicted molar refractivity (Wildman–Crippen MR) is 93.3 cm³/mol. The molecule has 1 aliphatic rings. The first-order chi connectivity index (χ1) is 10.8. The second-order valence-electron chi connectivity index (χ2n) is 6.17. The smallest absolute Gasteiger partial charge is 0.220 e. The van der Waals surface area contributed by atoms with Crippen LogP contribution < -0.4 is 16.0 Å². The summed E-state index contributed by atoms with van der Waals surface area (Å²) in [5.41, 5.74) is 0. The van der Waals surface area contributed by atoms with Gasteiger partial charge in [-0.15, -0.1) is 0 Å². The minimum Gasteiger partial charge on any atom is -0.357 e. The average molecular weight is 346 g/mol. The van der Waals surface area contributed by atoms with Crippen LogP contribution in [0.3, 0.4) is 0 Å². The number of guanidine groups is 1. The summed E-state index contributed by atoms with van der Waals surface area (Å²) in [6, 6.07) is 0.418. The number of nitrogens with zero attached hydrogens (tertiary/aromatic N) is 1. The maximum atomic E-state index is 11.6. The van der Waals surface area contributed by atoms with Gasteiger partial charge in [0.25, 0.3) is 0 Å². The van der Waals surface area contributed by atoms with Gasteiger partial charge in [0.05, 0.1) is 5.75 Å². The molecule has 1 fully saturated rings. The normalized spacial score (nSPS) is 16.7. The summed E-state index contributed by atoms with van der Waals surface area (Å²) >= 11 is 0. The molecule has 8 heteroatoms. The Morgan fingerprint density at radius 1 is 1.35 bits per heavy atom. The zero-order valence-corrected chi connectivity index (χ0v) is 15.2. The Labute approximate surface area is 139 Å². The molecule has 1 aliphatic carbocycles. The van der Waals surface area contributed by atoms with E-state index in [1.54, 1.807) is 0 Å². The van der Waals surface area contributed by atoms with E-state index in [2.05, 4.69) is 20.9 Å². The molecule has 1 rings (SSSR count). The highest BCUT2D eigenvalue weighted by molar-refractivity contribution is 7.90. The van der Waals surface area contributed by atoms with Gasteiger partial charge in [0.15, 0.2) is 5.96 Å². The Kier molecular flexibility index (Phi) is 8.36. The Bertz CT molecular complexity index is 501. The van der Waals surface area contributed by atoms with Gasteiger partial charge in [-0.3, -0.25) is 9.79 Å². The SMILES string of the molecule is CCNC(=NCCCC(=O)NC1CC1)NC(C)CCS(C)(=O)=O. The lowest BCUT2D eigenvalue weighted by molar-refractivity contribution is -0.121. The van der Waals surface area contributed by atoms with Gasteiger partial charge in [-0.1, -0.05) is 0 Å². The van der Waals surface area contributed by atoms with Crippen molar-refractivity contribution in [3.63, 3.8) is 0 Å². The standard InChI is InChI=1S/C15H30N4O3S/c1-4-16-15(18-12(2)9-11-23(3,21)22)17-10-5-6-14(20)19-13-7-8-13/h12-13H,4-11H2,1-3H3,(H,19,20)(H2,16,17,18). The number of hydrogen-bond donors (Lipinski definition) is 3. The van der Waals surface area contributed by atoms with Gasteiger partial charge in [-0.2, -0.15) is 0 Å². The topological polar surface area (TPSA) is 99.7 Å². The van der Waals surface area contributed by atoms with E-state index in [0.717, 1.165) is 19.4 Å². The van der Waals surface area contributed by atoms with E-state index in [9.17, 15) is 13.2 Å². The zero-order valence-electron chi connectivity index (χ0n) is 14.4. The number of rotatable bonds is 10. The third kappa shape index (κ3) is 11.0. The van der Waals surface area contributed by atoms with Crippen LogP contribution in [0.1, 0.15) is 46.0 Å². The monoisotopic (exact) mass is 346 g/mol. The van der Waals surface area contributed by atoms with Crippen molar-refractivity contribution < 1.29 is 13.2 Å². The summed E-state index contributed by atoms with van der Waals surface area (Å²) in [7, 11) is -2.95. The lowest BCUT2D eigenvalue weighted by Gasteiger charge is -2.17. The van der Waals surface area contributed by atoms with Crippen molar-refractivity contribution in [1.29, 1.82) is 0 Å². The van der Waals surface area contributed by atoms with Crippen molar-refractivity contribution in [2.75, 3.05) is 25.1 Å². The molecule has 7 nitrogen and oxygen atoms in total. The highest BCUT2D eigenvalue weighted by atomic mass is 32.2. The molecular weight excluding hydrogens is 316 g/mol. The summed E-state index contributed by atoms with van der Waals surface area (Å²) in [6.45, 7) is 5.20. The number of nitrogens with one attached hydrogen (secondary N) is 3. The molecular formula is C15H30N4O3S. The molecule has 0 aromatic rings. The maximum absolute atomic E-state index is 11.6. The van der Waals surface area contributed by atoms with Gasteiger partial charge < -0.3 is 16.0 Å². The lowest BCUT2D eigenvalue weighted by Crippen LogP contribution is -2.43. The van der Waals surface area contributed by atoms with Crippen molar-refractivity contribution >= 4 is 21.7 Å². The molecule has 0 heterocycles. The van der Waals surface area contributed by atoms with Crippen molar-refractivity contribution in [2.24, 2.45) is 4.99 Å². The summed E-state index contributed by atoms with van der Waals surface area (Å²) in [4.78, 5) is 16.0. The highest BCUT2D eigenvalue weighted by Gasteiger charge is 2.22. The zero-order chi connectivity index (χ0) is 17.3. The van der Waals surface area contributed by atoms with E-state index < -0.39 is 9.84 Å². The van der Waals surface area contributed by atoms with E-state index in [4.69, 9.17) is 0 Å². The summed E-state index contributed by atoms with van der Waals surface area (Å²) in [5.74, 6) is 0.917. The van der Waals surface area contributed by atoms with Crippen molar-refractivity contribution in [2.45, 2.75) is 58.0 Å². The third-order valence-corrected chi connectivity index (χ3v) is 4.40. The van der Waals surface area contributed by atoms with Gasteiger partial charge in [0.1, 0.15) is 9.84 Å². The predicted octanol–water partition coefficient (Wildman–Crippen LogP) is 0.424. The van der Waals surface area contributed by atoms with Crippen LogP contribution in [0.2, 0.25) is 0 Å². The Morgan fingerprint density at radius 3 is 2.61 bits per heavy atom. The molecule has 0 aliphatic heterocycles. The van der Waals surface area contributed by atoms with E-state index >= 15 is 0 Å². The highest BCUT2D eigenvalue weighted by Crippen LogP contribution is 2.18.